The van der Waals surface area contributed by atoms with E-state index in [1.807, 2.05) is 30.7 Å². The highest BCUT2D eigenvalue weighted by Crippen LogP contribution is 2.19. The molecule has 0 aromatic carbocycles. The molecule has 0 aliphatic heterocycles. The number of pyridine rings is 1. The normalized spacial score (nSPS) is 10.2. The predicted molar refractivity (Wildman–Crippen MR) is 76.8 cm³/mol. The summed E-state index contributed by atoms with van der Waals surface area (Å²) in [6.45, 7) is 2.48. The first-order valence-electron chi connectivity index (χ1n) is 6.27. The topological polar surface area (TPSA) is 68.2 Å². The van der Waals surface area contributed by atoms with Gasteiger partial charge in [-0.3, -0.25) is 0 Å². The summed E-state index contributed by atoms with van der Waals surface area (Å²) in [5.74, 6) is 0.386. The van der Waals surface area contributed by atoms with Crippen molar-refractivity contribution in [1.82, 2.24) is 14.9 Å². The Balaban J connectivity index is 1.94. The molecule has 2 amide bonds. The van der Waals surface area contributed by atoms with Crippen LogP contribution in [0.1, 0.15) is 11.4 Å². The van der Waals surface area contributed by atoms with Crippen LogP contribution in [0.5, 0.6) is 5.88 Å². The fourth-order valence-electron chi connectivity index (χ4n) is 1.83. The fraction of sp³-hybridized carbons (Fsp3) is 0.286. The molecule has 2 aromatic heterocycles. The van der Waals surface area contributed by atoms with Gasteiger partial charge in [-0.05, 0) is 31.2 Å². The van der Waals surface area contributed by atoms with Crippen molar-refractivity contribution < 1.29 is 9.53 Å². The average molecular weight is 274 g/mol. The van der Waals surface area contributed by atoms with Crippen molar-refractivity contribution in [3.05, 3.63) is 41.9 Å². The minimum absolute atomic E-state index is 0.296. The second-order valence-electron chi connectivity index (χ2n) is 4.39. The Morgan fingerprint density at radius 3 is 2.85 bits per heavy atom. The Hall–Kier alpha value is -2.50. The Morgan fingerprint density at radius 2 is 2.20 bits per heavy atom. The number of carbonyl (C=O) groups is 1. The maximum absolute atomic E-state index is 11.9. The molecule has 2 rings (SSSR count). The van der Waals surface area contributed by atoms with Crippen molar-refractivity contribution in [2.75, 3.05) is 12.4 Å². The number of carbonyl (C=O) groups excluding carboxylic acids is 1. The lowest BCUT2D eigenvalue weighted by Gasteiger charge is -2.10. The van der Waals surface area contributed by atoms with Gasteiger partial charge in [-0.15, -0.1) is 0 Å². The van der Waals surface area contributed by atoms with Crippen molar-refractivity contribution in [3.63, 3.8) is 0 Å². The van der Waals surface area contributed by atoms with E-state index in [4.69, 9.17) is 4.74 Å². The van der Waals surface area contributed by atoms with Crippen LogP contribution in [-0.4, -0.2) is 22.7 Å². The molecule has 2 aromatic rings. The number of hydrogen-bond acceptors (Lipinski definition) is 3. The van der Waals surface area contributed by atoms with E-state index in [0.717, 1.165) is 11.4 Å². The molecule has 0 unspecified atom stereocenters. The molecule has 6 heteroatoms. The van der Waals surface area contributed by atoms with Crippen molar-refractivity contribution in [2.24, 2.45) is 7.05 Å². The minimum atomic E-state index is -0.296. The van der Waals surface area contributed by atoms with Gasteiger partial charge < -0.3 is 19.9 Å². The van der Waals surface area contributed by atoms with Crippen LogP contribution in [0.2, 0.25) is 0 Å². The average Bonchev–Trinajstić information content (AvgIpc) is 2.77. The largest absolute Gasteiger partial charge is 0.480 e. The first-order valence-corrected chi connectivity index (χ1v) is 6.27. The molecule has 6 nitrogen and oxygen atoms in total. The molecule has 0 aliphatic rings. The number of methoxy groups -OCH3 is 1. The molecule has 0 spiro atoms. The van der Waals surface area contributed by atoms with Crippen LogP contribution in [-0.2, 0) is 13.6 Å². The number of amides is 2. The van der Waals surface area contributed by atoms with Crippen molar-refractivity contribution >= 4 is 11.7 Å². The summed E-state index contributed by atoms with van der Waals surface area (Å²) in [5.41, 5.74) is 2.72. The molecule has 0 aliphatic carbocycles. The SMILES string of the molecule is COc1ncccc1NC(=O)NCc1ccc(C)n1C. The van der Waals surface area contributed by atoms with Gasteiger partial charge in [-0.25, -0.2) is 9.78 Å². The molecule has 0 atom stereocenters. The number of ether oxygens (including phenoxy) is 1. The summed E-state index contributed by atoms with van der Waals surface area (Å²) in [6.07, 6.45) is 1.61. The Kier molecular flexibility index (Phi) is 4.24. The van der Waals surface area contributed by atoms with E-state index in [1.54, 1.807) is 18.3 Å². The third kappa shape index (κ3) is 3.09. The lowest BCUT2D eigenvalue weighted by Crippen LogP contribution is -2.29. The van der Waals surface area contributed by atoms with Crippen molar-refractivity contribution in [2.45, 2.75) is 13.5 Å². The summed E-state index contributed by atoms with van der Waals surface area (Å²) in [5, 5.41) is 5.51. The highest BCUT2D eigenvalue weighted by atomic mass is 16.5. The van der Waals surface area contributed by atoms with Gasteiger partial charge in [0, 0.05) is 24.6 Å². The van der Waals surface area contributed by atoms with Crippen molar-refractivity contribution in [1.29, 1.82) is 0 Å². The molecule has 106 valence electrons. The van der Waals surface area contributed by atoms with Crippen LogP contribution in [0.3, 0.4) is 0 Å². The van der Waals surface area contributed by atoms with Gasteiger partial charge in [0.1, 0.15) is 5.69 Å². The lowest BCUT2D eigenvalue weighted by molar-refractivity contribution is 0.251. The van der Waals surface area contributed by atoms with Crippen LogP contribution in [0.25, 0.3) is 0 Å². The maximum atomic E-state index is 11.9. The van der Waals surface area contributed by atoms with Gasteiger partial charge in [0.25, 0.3) is 0 Å². The summed E-state index contributed by atoms with van der Waals surface area (Å²) < 4.78 is 7.11. The minimum Gasteiger partial charge on any atom is -0.480 e. The molecule has 2 N–H and O–H groups in total. The third-order valence-electron chi connectivity index (χ3n) is 3.12. The van der Waals surface area contributed by atoms with E-state index in [0.29, 0.717) is 18.1 Å². The molecule has 0 saturated carbocycles. The number of aryl methyl sites for hydroxylation is 1. The second-order valence-corrected chi connectivity index (χ2v) is 4.39. The monoisotopic (exact) mass is 274 g/mol. The van der Waals surface area contributed by atoms with E-state index in [-0.39, 0.29) is 6.03 Å². The first kappa shape index (κ1) is 13.9. The Morgan fingerprint density at radius 1 is 1.40 bits per heavy atom. The number of nitrogens with one attached hydrogen (secondary N) is 2. The van der Waals surface area contributed by atoms with Gasteiger partial charge >= 0.3 is 6.03 Å². The predicted octanol–water partition coefficient (Wildman–Crippen LogP) is 2.06. The standard InChI is InChI=1S/C14H18N4O2/c1-10-6-7-11(18(10)2)9-16-14(19)17-12-5-4-8-15-13(12)20-3/h4-8H,9H2,1-3H3,(H2,16,17,19). The number of aromatic nitrogens is 2. The van der Waals surface area contributed by atoms with Crippen LogP contribution >= 0.6 is 0 Å². The smallest absolute Gasteiger partial charge is 0.319 e. The number of anilines is 1. The van der Waals surface area contributed by atoms with E-state index in [2.05, 4.69) is 15.6 Å². The quantitative estimate of drug-likeness (QED) is 0.896. The third-order valence-corrected chi connectivity index (χ3v) is 3.12. The molecular weight excluding hydrogens is 256 g/mol. The second kappa shape index (κ2) is 6.10. The van der Waals surface area contributed by atoms with E-state index in [9.17, 15) is 4.79 Å². The van der Waals surface area contributed by atoms with Crippen LogP contribution < -0.4 is 15.4 Å². The number of hydrogen-bond donors (Lipinski definition) is 2. The van der Waals surface area contributed by atoms with Gasteiger partial charge in [0.2, 0.25) is 5.88 Å². The van der Waals surface area contributed by atoms with Gasteiger partial charge in [-0.1, -0.05) is 0 Å². The molecule has 20 heavy (non-hydrogen) atoms. The van der Waals surface area contributed by atoms with Gasteiger partial charge in [0.15, 0.2) is 0 Å². The number of nitrogens with zero attached hydrogens (tertiary/aromatic N) is 2. The molecule has 2 heterocycles. The van der Waals surface area contributed by atoms with Gasteiger partial charge in [0.05, 0.1) is 13.7 Å². The summed E-state index contributed by atoms with van der Waals surface area (Å²) >= 11 is 0. The van der Waals surface area contributed by atoms with E-state index >= 15 is 0 Å². The maximum Gasteiger partial charge on any atom is 0.319 e. The lowest BCUT2D eigenvalue weighted by atomic mass is 10.4. The highest BCUT2D eigenvalue weighted by Gasteiger charge is 2.08. The van der Waals surface area contributed by atoms with Crippen LogP contribution in [0.15, 0.2) is 30.5 Å². The Bertz CT molecular complexity index is 607. The fourth-order valence-corrected chi connectivity index (χ4v) is 1.83. The molecule has 0 saturated heterocycles. The molecule has 0 bridgehead atoms. The molecule has 0 fully saturated rings. The van der Waals surface area contributed by atoms with E-state index in [1.165, 1.54) is 7.11 Å². The van der Waals surface area contributed by atoms with E-state index < -0.39 is 0 Å². The zero-order chi connectivity index (χ0) is 14.5. The van der Waals surface area contributed by atoms with Crippen LogP contribution in [0, 0.1) is 6.92 Å². The summed E-state index contributed by atoms with van der Waals surface area (Å²) in [7, 11) is 3.48. The first-order chi connectivity index (χ1) is 9.61. The zero-order valence-electron chi connectivity index (χ0n) is 11.8. The molecule has 0 radical (unpaired) electrons. The van der Waals surface area contributed by atoms with Gasteiger partial charge in [-0.2, -0.15) is 0 Å². The highest BCUT2D eigenvalue weighted by molar-refractivity contribution is 5.90. The number of rotatable bonds is 4. The Labute approximate surface area is 117 Å². The zero-order valence-corrected chi connectivity index (χ0v) is 11.8. The summed E-state index contributed by atoms with van der Waals surface area (Å²) in [6, 6.07) is 7.17. The van der Waals surface area contributed by atoms with Crippen molar-refractivity contribution in [3.8, 4) is 5.88 Å². The summed E-state index contributed by atoms with van der Waals surface area (Å²) in [4.78, 5) is 15.9. The molecular formula is C14H18N4O2. The van der Waals surface area contributed by atoms with Crippen LogP contribution in [0.4, 0.5) is 10.5 Å². The number of urea groups is 1.